The van der Waals surface area contributed by atoms with Gasteiger partial charge in [-0.1, -0.05) is 40.7 Å². The number of halogens is 1. The molecule has 1 N–H and O–H groups in total. The average Bonchev–Trinajstić information content (AvgIpc) is 2.08. The van der Waals surface area contributed by atoms with Crippen LogP contribution in [0.5, 0.6) is 0 Å². The van der Waals surface area contributed by atoms with Gasteiger partial charge in [-0.3, -0.25) is 0 Å². The van der Waals surface area contributed by atoms with Crippen molar-refractivity contribution in [3.8, 4) is 0 Å². The van der Waals surface area contributed by atoms with Crippen LogP contribution in [0.3, 0.4) is 0 Å². The molecule has 0 heterocycles. The van der Waals surface area contributed by atoms with Gasteiger partial charge in [-0.05, 0) is 30.5 Å². The van der Waals surface area contributed by atoms with Crippen molar-refractivity contribution in [1.82, 2.24) is 0 Å². The van der Waals surface area contributed by atoms with Crippen LogP contribution in [0.4, 0.5) is 0 Å². The van der Waals surface area contributed by atoms with E-state index in [0.717, 1.165) is 21.2 Å². The third kappa shape index (κ3) is 2.20. The van der Waals surface area contributed by atoms with Crippen LogP contribution < -0.4 is 0 Å². The van der Waals surface area contributed by atoms with Crippen LogP contribution in [0, 0.1) is 6.92 Å². The van der Waals surface area contributed by atoms with Gasteiger partial charge in [0, 0.05) is 4.47 Å². The lowest BCUT2D eigenvalue weighted by atomic mass is 10.0. The second-order valence-electron chi connectivity index (χ2n) is 3.23. The largest absolute Gasteiger partial charge is 0.384 e. The fourth-order valence-electron chi connectivity index (χ4n) is 1.15. The summed E-state index contributed by atoms with van der Waals surface area (Å²) >= 11 is 3.45. The maximum atomic E-state index is 9.77. The summed E-state index contributed by atoms with van der Waals surface area (Å²) in [6.45, 7) is 7.55. The van der Waals surface area contributed by atoms with Crippen LogP contribution in [0.15, 0.2) is 34.8 Å². The van der Waals surface area contributed by atoms with E-state index in [4.69, 9.17) is 0 Å². The standard InChI is InChI=1S/C11H13BrO/c1-7(2)11(13)9-6-4-5-8(3)10(9)12/h4-6,11,13H,1H2,2-3H3. The molecular formula is C11H13BrO. The molecule has 1 aromatic carbocycles. The number of hydrogen-bond donors (Lipinski definition) is 1. The van der Waals surface area contributed by atoms with E-state index < -0.39 is 6.10 Å². The van der Waals surface area contributed by atoms with Gasteiger partial charge < -0.3 is 5.11 Å². The summed E-state index contributed by atoms with van der Waals surface area (Å²) in [7, 11) is 0. The lowest BCUT2D eigenvalue weighted by Gasteiger charge is -2.13. The first-order valence-corrected chi connectivity index (χ1v) is 4.92. The van der Waals surface area contributed by atoms with E-state index >= 15 is 0 Å². The summed E-state index contributed by atoms with van der Waals surface area (Å²) in [5, 5.41) is 9.77. The SMILES string of the molecule is C=C(C)C(O)c1cccc(C)c1Br. The Morgan fingerprint density at radius 1 is 1.54 bits per heavy atom. The lowest BCUT2D eigenvalue weighted by Crippen LogP contribution is -1.99. The zero-order valence-corrected chi connectivity index (χ0v) is 9.43. The molecule has 1 atom stereocenters. The van der Waals surface area contributed by atoms with Gasteiger partial charge in [-0.15, -0.1) is 0 Å². The summed E-state index contributed by atoms with van der Waals surface area (Å²) in [4.78, 5) is 0. The molecule has 13 heavy (non-hydrogen) atoms. The Hall–Kier alpha value is -0.600. The van der Waals surface area contributed by atoms with Crippen molar-refractivity contribution in [2.24, 2.45) is 0 Å². The maximum Gasteiger partial charge on any atom is 0.101 e. The Balaban J connectivity index is 3.15. The Labute approximate surface area is 87.2 Å². The van der Waals surface area contributed by atoms with E-state index in [9.17, 15) is 5.11 Å². The highest BCUT2D eigenvalue weighted by Gasteiger charge is 2.12. The predicted molar refractivity (Wildman–Crippen MR) is 58.7 cm³/mol. The third-order valence-corrected chi connectivity index (χ3v) is 3.07. The zero-order chi connectivity index (χ0) is 10.0. The number of aryl methyl sites for hydroxylation is 1. The maximum absolute atomic E-state index is 9.77. The van der Waals surface area contributed by atoms with E-state index in [1.54, 1.807) is 0 Å². The topological polar surface area (TPSA) is 20.2 Å². The normalized spacial score (nSPS) is 12.6. The Morgan fingerprint density at radius 3 is 2.69 bits per heavy atom. The molecule has 0 fully saturated rings. The molecule has 1 nitrogen and oxygen atoms in total. The monoisotopic (exact) mass is 240 g/mol. The van der Waals surface area contributed by atoms with E-state index in [-0.39, 0.29) is 0 Å². The quantitative estimate of drug-likeness (QED) is 0.787. The van der Waals surface area contributed by atoms with Crippen molar-refractivity contribution in [1.29, 1.82) is 0 Å². The van der Waals surface area contributed by atoms with Gasteiger partial charge in [0.25, 0.3) is 0 Å². The molecular weight excluding hydrogens is 228 g/mol. The highest BCUT2D eigenvalue weighted by Crippen LogP contribution is 2.29. The number of aliphatic hydroxyl groups excluding tert-OH is 1. The Bertz CT molecular complexity index is 331. The van der Waals surface area contributed by atoms with Crippen LogP contribution >= 0.6 is 15.9 Å². The molecule has 0 aliphatic carbocycles. The van der Waals surface area contributed by atoms with Gasteiger partial charge >= 0.3 is 0 Å². The molecule has 0 aliphatic rings. The first-order chi connectivity index (χ1) is 6.04. The van der Waals surface area contributed by atoms with Crippen LogP contribution in [-0.2, 0) is 0 Å². The molecule has 1 aromatic rings. The molecule has 0 saturated carbocycles. The van der Waals surface area contributed by atoms with E-state index in [1.807, 2.05) is 32.0 Å². The number of rotatable bonds is 2. The van der Waals surface area contributed by atoms with Crippen molar-refractivity contribution in [2.45, 2.75) is 20.0 Å². The molecule has 0 aromatic heterocycles. The summed E-state index contributed by atoms with van der Waals surface area (Å²) < 4.78 is 0.963. The predicted octanol–water partition coefficient (Wildman–Crippen LogP) is 3.37. The lowest BCUT2D eigenvalue weighted by molar-refractivity contribution is 0.215. The first-order valence-electron chi connectivity index (χ1n) is 4.12. The third-order valence-electron chi connectivity index (χ3n) is 1.98. The molecule has 1 unspecified atom stereocenters. The molecule has 0 amide bonds. The molecule has 70 valence electrons. The summed E-state index contributed by atoms with van der Waals surface area (Å²) in [5.74, 6) is 0. The summed E-state index contributed by atoms with van der Waals surface area (Å²) in [6.07, 6.45) is -0.575. The van der Waals surface area contributed by atoms with Crippen molar-refractivity contribution in [3.63, 3.8) is 0 Å². The Kier molecular flexibility index (Phi) is 3.28. The smallest absolute Gasteiger partial charge is 0.101 e. The molecule has 0 aliphatic heterocycles. The number of hydrogen-bond acceptors (Lipinski definition) is 1. The first kappa shape index (κ1) is 10.5. The van der Waals surface area contributed by atoms with Crippen LogP contribution in [-0.4, -0.2) is 5.11 Å². The Morgan fingerprint density at radius 2 is 2.15 bits per heavy atom. The highest BCUT2D eigenvalue weighted by molar-refractivity contribution is 9.10. The van der Waals surface area contributed by atoms with Gasteiger partial charge in [0.15, 0.2) is 0 Å². The summed E-state index contributed by atoms with van der Waals surface area (Å²) in [6, 6.07) is 5.83. The van der Waals surface area contributed by atoms with Crippen molar-refractivity contribution >= 4 is 15.9 Å². The van der Waals surface area contributed by atoms with Gasteiger partial charge in [0.05, 0.1) is 0 Å². The average molecular weight is 241 g/mol. The molecule has 0 spiro atoms. The second kappa shape index (κ2) is 4.07. The van der Waals surface area contributed by atoms with Gasteiger partial charge in [0.2, 0.25) is 0 Å². The van der Waals surface area contributed by atoms with E-state index in [2.05, 4.69) is 22.5 Å². The van der Waals surface area contributed by atoms with Crippen molar-refractivity contribution in [2.75, 3.05) is 0 Å². The minimum atomic E-state index is -0.575. The molecule has 1 rings (SSSR count). The second-order valence-corrected chi connectivity index (χ2v) is 4.02. The molecule has 0 saturated heterocycles. The minimum absolute atomic E-state index is 0.575. The molecule has 0 bridgehead atoms. The number of benzene rings is 1. The van der Waals surface area contributed by atoms with Gasteiger partial charge in [-0.2, -0.15) is 0 Å². The van der Waals surface area contributed by atoms with Crippen molar-refractivity contribution in [3.05, 3.63) is 46.0 Å². The minimum Gasteiger partial charge on any atom is -0.384 e. The fraction of sp³-hybridized carbons (Fsp3) is 0.273. The van der Waals surface area contributed by atoms with Gasteiger partial charge in [0.1, 0.15) is 6.10 Å². The van der Waals surface area contributed by atoms with E-state index in [1.165, 1.54) is 0 Å². The number of aliphatic hydroxyl groups is 1. The van der Waals surface area contributed by atoms with E-state index in [0.29, 0.717) is 0 Å². The van der Waals surface area contributed by atoms with Crippen LogP contribution in [0.1, 0.15) is 24.2 Å². The molecule has 0 radical (unpaired) electrons. The van der Waals surface area contributed by atoms with Crippen LogP contribution in [0.2, 0.25) is 0 Å². The van der Waals surface area contributed by atoms with Gasteiger partial charge in [-0.25, -0.2) is 0 Å². The van der Waals surface area contributed by atoms with Crippen molar-refractivity contribution < 1.29 is 5.11 Å². The highest BCUT2D eigenvalue weighted by atomic mass is 79.9. The molecule has 2 heteroatoms. The van der Waals surface area contributed by atoms with Crippen LogP contribution in [0.25, 0.3) is 0 Å². The summed E-state index contributed by atoms with van der Waals surface area (Å²) in [5.41, 5.74) is 2.76. The fourth-order valence-corrected chi connectivity index (χ4v) is 1.63. The zero-order valence-electron chi connectivity index (χ0n) is 7.84.